The van der Waals surface area contributed by atoms with E-state index >= 15 is 0 Å². The van der Waals surface area contributed by atoms with Crippen LogP contribution in [-0.4, -0.2) is 69.6 Å². The molecule has 244 valence electrons. The number of hydrogen-bond acceptors (Lipinski definition) is 6. The molecule has 4 aromatic rings. The van der Waals surface area contributed by atoms with E-state index in [4.69, 9.17) is 9.47 Å². The first-order valence-electron chi connectivity index (χ1n) is 16.9. The van der Waals surface area contributed by atoms with Crippen LogP contribution in [0.3, 0.4) is 0 Å². The lowest BCUT2D eigenvalue weighted by molar-refractivity contribution is -0.431. The standard InChI is InChI=1S/C40H38N2O6/c43-23-39-29(21-25-13-5-1-6-14-25)31-33-40(24-44)30(22-26-15-7-2-8-16-26)32(35(39)41(33)37(45)47-27-17-9-3-10-18-27)36(39)42(34(31)40)38(46)48-28-19-11-4-12-20-28/h1-20,29-36,43-44H,21-24H2. The zero-order chi connectivity index (χ0) is 32.6. The van der Waals surface area contributed by atoms with Gasteiger partial charge in [-0.2, -0.15) is 0 Å². The molecule has 4 heterocycles. The number of carbonyl (C=O) groups is 2. The predicted molar refractivity (Wildman–Crippen MR) is 177 cm³/mol. The van der Waals surface area contributed by atoms with E-state index in [1.807, 2.05) is 82.6 Å². The van der Waals surface area contributed by atoms with Crippen LogP contribution in [0.25, 0.3) is 0 Å². The predicted octanol–water partition coefficient (Wildman–Crippen LogP) is 5.44. The van der Waals surface area contributed by atoms with E-state index in [2.05, 4.69) is 24.3 Å². The Morgan fingerprint density at radius 2 is 0.833 bits per heavy atom. The van der Waals surface area contributed by atoms with Gasteiger partial charge in [0.2, 0.25) is 0 Å². The highest BCUT2D eigenvalue weighted by atomic mass is 16.6. The number of piperidine rings is 4. The van der Waals surface area contributed by atoms with E-state index in [0.29, 0.717) is 24.3 Å². The Hall–Kier alpha value is -4.66. The van der Waals surface area contributed by atoms with Gasteiger partial charge in [-0.15, -0.1) is 0 Å². The third-order valence-electron chi connectivity index (χ3n) is 12.6. The van der Waals surface area contributed by atoms with Crippen molar-refractivity contribution in [3.8, 4) is 11.5 Å². The number of amides is 2. The van der Waals surface area contributed by atoms with Crippen molar-refractivity contribution in [2.45, 2.75) is 37.0 Å². The van der Waals surface area contributed by atoms with Crippen molar-refractivity contribution in [2.75, 3.05) is 13.2 Å². The number of aliphatic hydroxyl groups is 2. The molecule has 6 unspecified atom stereocenters. The van der Waals surface area contributed by atoms with Gasteiger partial charge in [-0.1, -0.05) is 97.1 Å². The first-order valence-corrected chi connectivity index (χ1v) is 16.9. The van der Waals surface area contributed by atoms with Crippen LogP contribution in [0.1, 0.15) is 11.1 Å². The van der Waals surface area contributed by atoms with Gasteiger partial charge < -0.3 is 19.7 Å². The Labute approximate surface area is 279 Å². The maximum Gasteiger partial charge on any atom is 0.415 e. The Balaban J connectivity index is 1.20. The summed E-state index contributed by atoms with van der Waals surface area (Å²) in [6.07, 6.45) is 0.477. The Morgan fingerprint density at radius 3 is 1.15 bits per heavy atom. The van der Waals surface area contributed by atoms with E-state index in [-0.39, 0.29) is 61.1 Å². The molecule has 10 rings (SSSR count). The molecule has 2 amide bonds. The molecule has 2 saturated carbocycles. The van der Waals surface area contributed by atoms with Crippen LogP contribution in [-0.2, 0) is 12.8 Å². The average molecular weight is 643 g/mol. The minimum absolute atomic E-state index is 0.0231. The first-order chi connectivity index (χ1) is 23.5. The second kappa shape index (κ2) is 10.9. The summed E-state index contributed by atoms with van der Waals surface area (Å²) in [7, 11) is 0. The molecule has 2 N–H and O–H groups in total. The quantitative estimate of drug-likeness (QED) is 0.266. The molecule has 0 aromatic heterocycles. The molecule has 0 spiro atoms. The van der Waals surface area contributed by atoms with Crippen molar-refractivity contribution in [1.82, 2.24) is 9.80 Å². The number of aliphatic hydroxyl groups excluding tert-OH is 2. The summed E-state index contributed by atoms with van der Waals surface area (Å²) in [6, 6.07) is 37.1. The van der Waals surface area contributed by atoms with E-state index in [9.17, 15) is 19.8 Å². The van der Waals surface area contributed by atoms with Gasteiger partial charge in [0.1, 0.15) is 11.5 Å². The summed E-state index contributed by atoms with van der Waals surface area (Å²) in [4.78, 5) is 32.5. The third-order valence-corrected chi connectivity index (χ3v) is 12.6. The van der Waals surface area contributed by atoms with Crippen molar-refractivity contribution >= 4 is 12.2 Å². The number of para-hydroxylation sites is 2. The van der Waals surface area contributed by atoms with Crippen molar-refractivity contribution in [3.63, 3.8) is 0 Å². The fourth-order valence-electron chi connectivity index (χ4n) is 11.2. The third kappa shape index (κ3) is 3.78. The lowest BCUT2D eigenvalue weighted by atomic mass is 9.23. The van der Waals surface area contributed by atoms with Gasteiger partial charge in [0.15, 0.2) is 0 Å². The fraction of sp³-hybridized carbons (Fsp3) is 0.350. The molecule has 4 aliphatic heterocycles. The topological polar surface area (TPSA) is 99.5 Å². The van der Waals surface area contributed by atoms with Crippen molar-refractivity contribution in [1.29, 1.82) is 0 Å². The average Bonchev–Trinajstić information content (AvgIpc) is 3.09. The van der Waals surface area contributed by atoms with Crippen LogP contribution in [0.2, 0.25) is 0 Å². The Bertz CT molecular complexity index is 1660. The molecule has 48 heavy (non-hydrogen) atoms. The summed E-state index contributed by atoms with van der Waals surface area (Å²) in [5, 5.41) is 23.3. The summed E-state index contributed by atoms with van der Waals surface area (Å²) in [6.45, 7) is -0.388. The molecular formula is C40H38N2O6. The zero-order valence-electron chi connectivity index (χ0n) is 26.4. The summed E-state index contributed by atoms with van der Waals surface area (Å²) < 4.78 is 12.1. The SMILES string of the molecule is O=C(Oc1ccccc1)N1C2C3C(Cc4ccccc4)C4(CO)C1C1C(Cc5ccccc5)C2(CO)C3N(C(=O)Oc2ccccc2)C14. The van der Waals surface area contributed by atoms with Crippen LogP contribution in [0, 0.1) is 34.5 Å². The van der Waals surface area contributed by atoms with Crippen molar-refractivity contribution in [2.24, 2.45) is 34.5 Å². The van der Waals surface area contributed by atoms with E-state index < -0.39 is 23.0 Å². The van der Waals surface area contributed by atoms with Crippen LogP contribution in [0.4, 0.5) is 9.59 Å². The van der Waals surface area contributed by atoms with Gasteiger partial charge in [0, 0.05) is 22.7 Å². The smallest absolute Gasteiger partial charge is 0.410 e. The van der Waals surface area contributed by atoms with Crippen LogP contribution >= 0.6 is 0 Å². The van der Waals surface area contributed by atoms with Gasteiger partial charge in [-0.25, -0.2) is 9.59 Å². The molecule has 6 fully saturated rings. The second-order valence-corrected chi connectivity index (χ2v) is 14.2. The van der Waals surface area contributed by atoms with Gasteiger partial charge in [-0.05, 0) is 60.1 Å². The van der Waals surface area contributed by atoms with Gasteiger partial charge in [-0.3, -0.25) is 9.80 Å². The largest absolute Gasteiger partial charge is 0.415 e. The molecule has 8 bridgehead atoms. The van der Waals surface area contributed by atoms with Crippen molar-refractivity contribution in [3.05, 3.63) is 132 Å². The van der Waals surface area contributed by atoms with E-state index in [1.165, 1.54) is 0 Å². The van der Waals surface area contributed by atoms with Crippen LogP contribution in [0.15, 0.2) is 121 Å². The summed E-state index contributed by atoms with van der Waals surface area (Å²) in [5.41, 5.74) is 0.691. The van der Waals surface area contributed by atoms with Gasteiger partial charge in [0.25, 0.3) is 0 Å². The monoisotopic (exact) mass is 642 g/mol. The van der Waals surface area contributed by atoms with E-state index in [1.54, 1.807) is 24.3 Å². The molecule has 2 aliphatic carbocycles. The normalized spacial score (nSPS) is 34.6. The molecular weight excluding hydrogens is 604 g/mol. The lowest BCUT2D eigenvalue weighted by Crippen LogP contribution is -3.03. The summed E-state index contributed by atoms with van der Waals surface area (Å²) in [5.74, 6) is 0.440. The highest BCUT2D eigenvalue weighted by Crippen LogP contribution is 2.82. The lowest BCUT2D eigenvalue weighted by Gasteiger charge is -2.91. The Morgan fingerprint density at radius 1 is 0.521 bits per heavy atom. The highest BCUT2D eigenvalue weighted by Gasteiger charge is 2.93. The molecule has 4 aromatic carbocycles. The van der Waals surface area contributed by atoms with Crippen molar-refractivity contribution < 1.29 is 29.3 Å². The number of nitrogens with zero attached hydrogens (tertiary/aromatic N) is 2. The van der Waals surface area contributed by atoms with Crippen LogP contribution in [0.5, 0.6) is 11.5 Å². The molecule has 6 aliphatic rings. The summed E-state index contributed by atoms with van der Waals surface area (Å²) >= 11 is 0. The van der Waals surface area contributed by atoms with E-state index in [0.717, 1.165) is 11.1 Å². The maximum atomic E-state index is 14.4. The van der Waals surface area contributed by atoms with Gasteiger partial charge >= 0.3 is 12.2 Å². The Kier molecular flexibility index (Phi) is 6.72. The molecule has 6 atom stereocenters. The molecule has 4 saturated heterocycles. The maximum absolute atomic E-state index is 14.4. The minimum atomic E-state index is -0.805. The molecule has 0 radical (unpaired) electrons. The van der Waals surface area contributed by atoms with Gasteiger partial charge in [0.05, 0.1) is 37.4 Å². The molecule has 8 nitrogen and oxygen atoms in total. The molecule has 8 heteroatoms. The zero-order valence-corrected chi connectivity index (χ0v) is 26.4. The highest BCUT2D eigenvalue weighted by molar-refractivity contribution is 5.78. The fourth-order valence-corrected chi connectivity index (χ4v) is 11.2. The number of rotatable bonds is 8. The number of ether oxygens (including phenoxy) is 2. The second-order valence-electron chi connectivity index (χ2n) is 14.2. The number of hydrogen-bond donors (Lipinski definition) is 2. The minimum Gasteiger partial charge on any atom is -0.410 e. The number of benzene rings is 4. The number of carbonyl (C=O) groups excluding carboxylic acids is 2. The first kappa shape index (κ1) is 29.5. The van der Waals surface area contributed by atoms with Crippen LogP contribution < -0.4 is 9.47 Å².